The van der Waals surface area contributed by atoms with Gasteiger partial charge in [-0.2, -0.15) is 0 Å². The van der Waals surface area contributed by atoms with Gasteiger partial charge >= 0.3 is 5.97 Å². The lowest BCUT2D eigenvalue weighted by molar-refractivity contribution is -0.151. The Kier molecular flexibility index (Phi) is 4.78. The number of ether oxygens (including phenoxy) is 1. The maximum atomic E-state index is 12.1. The number of hydrogen-bond acceptors (Lipinski definition) is 4. The summed E-state index contributed by atoms with van der Waals surface area (Å²) in [7, 11) is 2.02. The standard InChI is InChI=1S/C14H28N2O2/c1-6-18-12(17)14(15,11-7-8-11)10-16(5)9-13(2,3)4/h11H,6-10,15H2,1-5H3. The highest BCUT2D eigenvalue weighted by atomic mass is 16.5. The minimum Gasteiger partial charge on any atom is -0.465 e. The van der Waals surface area contributed by atoms with E-state index in [0.717, 1.165) is 19.4 Å². The highest BCUT2D eigenvalue weighted by molar-refractivity contribution is 5.82. The van der Waals surface area contributed by atoms with E-state index in [0.29, 0.717) is 19.1 Å². The number of nitrogens with two attached hydrogens (primary N) is 1. The van der Waals surface area contributed by atoms with Gasteiger partial charge in [-0.25, -0.2) is 4.79 Å². The molecular weight excluding hydrogens is 228 g/mol. The van der Waals surface area contributed by atoms with Crippen LogP contribution in [0.3, 0.4) is 0 Å². The summed E-state index contributed by atoms with van der Waals surface area (Å²) in [6, 6.07) is 0. The molecule has 1 aliphatic rings. The predicted octanol–water partition coefficient (Wildman–Crippen LogP) is 1.63. The molecule has 0 aromatic heterocycles. The average Bonchev–Trinajstić information content (AvgIpc) is 2.97. The third-order valence-electron chi connectivity index (χ3n) is 3.24. The van der Waals surface area contributed by atoms with Gasteiger partial charge in [0.15, 0.2) is 0 Å². The Hall–Kier alpha value is -0.610. The zero-order valence-electron chi connectivity index (χ0n) is 12.5. The molecule has 0 aliphatic heterocycles. The van der Waals surface area contributed by atoms with Crippen molar-refractivity contribution < 1.29 is 9.53 Å². The molecule has 2 N–H and O–H groups in total. The first-order chi connectivity index (χ1) is 8.19. The van der Waals surface area contributed by atoms with Gasteiger partial charge in [0.05, 0.1) is 6.61 Å². The summed E-state index contributed by atoms with van der Waals surface area (Å²) in [6.45, 7) is 10.3. The van der Waals surface area contributed by atoms with Gasteiger partial charge in [-0.1, -0.05) is 20.8 Å². The normalized spacial score (nSPS) is 19.7. The van der Waals surface area contributed by atoms with E-state index >= 15 is 0 Å². The van der Waals surface area contributed by atoms with Crippen molar-refractivity contribution in [3.8, 4) is 0 Å². The molecule has 4 nitrogen and oxygen atoms in total. The predicted molar refractivity (Wildman–Crippen MR) is 73.2 cm³/mol. The molecule has 4 heteroatoms. The largest absolute Gasteiger partial charge is 0.465 e. The molecule has 1 fully saturated rings. The maximum Gasteiger partial charge on any atom is 0.327 e. The van der Waals surface area contributed by atoms with Crippen LogP contribution in [0.25, 0.3) is 0 Å². The van der Waals surface area contributed by atoms with E-state index < -0.39 is 5.54 Å². The first kappa shape index (κ1) is 15.4. The Bertz CT molecular complexity index is 295. The molecule has 0 heterocycles. The molecule has 0 spiro atoms. The van der Waals surface area contributed by atoms with Crippen LogP contribution in [0.4, 0.5) is 0 Å². The molecular formula is C14H28N2O2. The van der Waals surface area contributed by atoms with Crippen LogP contribution >= 0.6 is 0 Å². The van der Waals surface area contributed by atoms with E-state index in [2.05, 4.69) is 25.7 Å². The summed E-state index contributed by atoms with van der Waals surface area (Å²) in [5, 5.41) is 0. The summed E-state index contributed by atoms with van der Waals surface area (Å²) in [6.07, 6.45) is 2.08. The number of esters is 1. The van der Waals surface area contributed by atoms with Crippen LogP contribution in [0.15, 0.2) is 0 Å². The molecule has 0 radical (unpaired) electrons. The maximum absolute atomic E-state index is 12.1. The topological polar surface area (TPSA) is 55.6 Å². The van der Waals surface area contributed by atoms with Crippen LogP contribution in [0, 0.1) is 11.3 Å². The Balaban J connectivity index is 2.65. The molecule has 106 valence electrons. The Morgan fingerprint density at radius 3 is 2.28 bits per heavy atom. The molecule has 1 aliphatic carbocycles. The van der Waals surface area contributed by atoms with Gasteiger partial charge in [0.25, 0.3) is 0 Å². The molecule has 0 amide bonds. The Morgan fingerprint density at radius 2 is 1.89 bits per heavy atom. The van der Waals surface area contributed by atoms with E-state index in [1.165, 1.54) is 0 Å². The highest BCUT2D eigenvalue weighted by Crippen LogP contribution is 2.39. The van der Waals surface area contributed by atoms with Gasteiger partial charge in [0.1, 0.15) is 5.54 Å². The van der Waals surface area contributed by atoms with Crippen LogP contribution in [0.2, 0.25) is 0 Å². The second-order valence-corrected chi connectivity index (χ2v) is 6.77. The number of rotatable bonds is 6. The van der Waals surface area contributed by atoms with Crippen molar-refractivity contribution in [1.29, 1.82) is 0 Å². The average molecular weight is 256 g/mol. The molecule has 0 bridgehead atoms. The quantitative estimate of drug-likeness (QED) is 0.734. The minimum atomic E-state index is -0.823. The van der Waals surface area contributed by atoms with Crippen molar-refractivity contribution in [1.82, 2.24) is 4.90 Å². The van der Waals surface area contributed by atoms with Crippen molar-refractivity contribution in [2.24, 2.45) is 17.1 Å². The van der Waals surface area contributed by atoms with Crippen LogP contribution < -0.4 is 5.73 Å². The number of carbonyl (C=O) groups excluding carboxylic acids is 1. The zero-order valence-corrected chi connectivity index (χ0v) is 12.5. The molecule has 18 heavy (non-hydrogen) atoms. The highest BCUT2D eigenvalue weighted by Gasteiger charge is 2.49. The number of likely N-dealkylation sites (N-methyl/N-ethyl adjacent to an activating group) is 1. The van der Waals surface area contributed by atoms with Crippen molar-refractivity contribution >= 4 is 5.97 Å². The third kappa shape index (κ3) is 4.25. The summed E-state index contributed by atoms with van der Waals surface area (Å²) in [5.74, 6) is 0.0484. The molecule has 0 saturated heterocycles. The van der Waals surface area contributed by atoms with E-state index in [4.69, 9.17) is 10.5 Å². The molecule has 1 rings (SSSR count). The summed E-state index contributed by atoms with van der Waals surface area (Å²) in [5.41, 5.74) is 5.72. The van der Waals surface area contributed by atoms with Gasteiger partial charge in [0, 0.05) is 13.1 Å². The number of nitrogens with zero attached hydrogens (tertiary/aromatic N) is 1. The van der Waals surface area contributed by atoms with Crippen molar-refractivity contribution in [2.45, 2.75) is 46.1 Å². The fraction of sp³-hybridized carbons (Fsp3) is 0.929. The number of carbonyl (C=O) groups is 1. The van der Waals surface area contributed by atoms with E-state index in [1.54, 1.807) is 0 Å². The van der Waals surface area contributed by atoms with Gasteiger partial charge in [0.2, 0.25) is 0 Å². The molecule has 1 saturated carbocycles. The summed E-state index contributed by atoms with van der Waals surface area (Å²) in [4.78, 5) is 14.2. The van der Waals surface area contributed by atoms with E-state index in [9.17, 15) is 4.79 Å². The molecule has 1 unspecified atom stereocenters. The van der Waals surface area contributed by atoms with Gasteiger partial charge in [-0.05, 0) is 38.1 Å². The fourth-order valence-electron chi connectivity index (χ4n) is 2.54. The minimum absolute atomic E-state index is 0.202. The van der Waals surface area contributed by atoms with Gasteiger partial charge in [-0.3, -0.25) is 0 Å². The Morgan fingerprint density at radius 1 is 1.33 bits per heavy atom. The lowest BCUT2D eigenvalue weighted by Gasteiger charge is -2.34. The molecule has 0 aromatic rings. The van der Waals surface area contributed by atoms with E-state index in [-0.39, 0.29) is 11.4 Å². The SMILES string of the molecule is CCOC(=O)C(N)(CN(C)CC(C)(C)C)C1CC1. The fourth-order valence-corrected chi connectivity index (χ4v) is 2.54. The zero-order chi connectivity index (χ0) is 14.0. The summed E-state index contributed by atoms with van der Waals surface area (Å²) < 4.78 is 5.15. The first-order valence-corrected chi connectivity index (χ1v) is 6.83. The first-order valence-electron chi connectivity index (χ1n) is 6.83. The van der Waals surface area contributed by atoms with Crippen LogP contribution in [-0.2, 0) is 9.53 Å². The van der Waals surface area contributed by atoms with Crippen LogP contribution in [0.5, 0.6) is 0 Å². The van der Waals surface area contributed by atoms with Gasteiger partial charge in [-0.15, -0.1) is 0 Å². The monoisotopic (exact) mass is 256 g/mol. The van der Waals surface area contributed by atoms with Crippen molar-refractivity contribution in [2.75, 3.05) is 26.7 Å². The Labute approximate surface area is 111 Å². The lowest BCUT2D eigenvalue weighted by Crippen LogP contribution is -2.58. The van der Waals surface area contributed by atoms with Crippen molar-refractivity contribution in [3.05, 3.63) is 0 Å². The van der Waals surface area contributed by atoms with Gasteiger partial charge < -0.3 is 15.4 Å². The summed E-state index contributed by atoms with van der Waals surface area (Å²) >= 11 is 0. The smallest absolute Gasteiger partial charge is 0.327 e. The van der Waals surface area contributed by atoms with Crippen molar-refractivity contribution in [3.63, 3.8) is 0 Å². The van der Waals surface area contributed by atoms with Crippen LogP contribution in [0.1, 0.15) is 40.5 Å². The van der Waals surface area contributed by atoms with Crippen LogP contribution in [-0.4, -0.2) is 43.2 Å². The third-order valence-corrected chi connectivity index (χ3v) is 3.24. The molecule has 1 atom stereocenters. The number of hydrogen-bond donors (Lipinski definition) is 1. The van der Waals surface area contributed by atoms with E-state index in [1.807, 2.05) is 14.0 Å². The second-order valence-electron chi connectivity index (χ2n) is 6.77. The second kappa shape index (κ2) is 5.57. The lowest BCUT2D eigenvalue weighted by atomic mass is 9.91. The molecule has 0 aromatic carbocycles.